The summed E-state index contributed by atoms with van der Waals surface area (Å²) in [6.07, 6.45) is 1.36. The van der Waals surface area contributed by atoms with Gasteiger partial charge in [0.1, 0.15) is 6.61 Å². The molecule has 20 heavy (non-hydrogen) atoms. The molecule has 5 heteroatoms. The van der Waals surface area contributed by atoms with Crippen LogP contribution in [-0.4, -0.2) is 25.5 Å². The zero-order valence-electron chi connectivity index (χ0n) is 12.2. The Bertz CT molecular complexity index is 458. The monoisotopic (exact) mass is 278 g/mol. The van der Waals surface area contributed by atoms with Crippen molar-refractivity contribution >= 4 is 23.2 Å². The largest absolute Gasteiger partial charge is 0.375 e. The van der Waals surface area contributed by atoms with Crippen molar-refractivity contribution in [2.45, 2.75) is 26.7 Å². The van der Waals surface area contributed by atoms with Crippen LogP contribution < -0.4 is 10.6 Å². The fourth-order valence-corrected chi connectivity index (χ4v) is 1.65. The van der Waals surface area contributed by atoms with E-state index in [1.165, 1.54) is 7.11 Å². The molecule has 2 N–H and O–H groups in total. The predicted molar refractivity (Wildman–Crippen MR) is 79.6 cm³/mol. The molecule has 0 fully saturated rings. The fourth-order valence-electron chi connectivity index (χ4n) is 1.65. The van der Waals surface area contributed by atoms with E-state index < -0.39 is 0 Å². The number of rotatable bonds is 7. The molecule has 2 amide bonds. The average Bonchev–Trinajstić information content (AvgIpc) is 2.37. The summed E-state index contributed by atoms with van der Waals surface area (Å²) < 4.78 is 4.74. The van der Waals surface area contributed by atoms with Gasteiger partial charge in [-0.15, -0.1) is 0 Å². The van der Waals surface area contributed by atoms with Gasteiger partial charge >= 0.3 is 0 Å². The van der Waals surface area contributed by atoms with Crippen LogP contribution in [0.2, 0.25) is 0 Å². The van der Waals surface area contributed by atoms with Gasteiger partial charge in [0.05, 0.1) is 0 Å². The molecule has 0 aliphatic heterocycles. The second-order valence-corrected chi connectivity index (χ2v) is 5.04. The third kappa shape index (κ3) is 6.33. The van der Waals surface area contributed by atoms with Crippen LogP contribution in [0.5, 0.6) is 0 Å². The van der Waals surface area contributed by atoms with Crippen LogP contribution in [0.15, 0.2) is 24.3 Å². The van der Waals surface area contributed by atoms with E-state index in [2.05, 4.69) is 24.5 Å². The van der Waals surface area contributed by atoms with Crippen LogP contribution >= 0.6 is 0 Å². The van der Waals surface area contributed by atoms with E-state index in [0.717, 1.165) is 6.42 Å². The van der Waals surface area contributed by atoms with Gasteiger partial charge in [-0.1, -0.05) is 19.9 Å². The van der Waals surface area contributed by atoms with E-state index >= 15 is 0 Å². The number of amides is 2. The second kappa shape index (κ2) is 8.32. The number of nitrogens with one attached hydrogen (secondary N) is 2. The Labute approximate surface area is 119 Å². The highest BCUT2D eigenvalue weighted by Gasteiger charge is 2.06. The number of hydrogen-bond acceptors (Lipinski definition) is 3. The van der Waals surface area contributed by atoms with E-state index in [4.69, 9.17) is 4.74 Å². The summed E-state index contributed by atoms with van der Waals surface area (Å²) in [5, 5.41) is 5.51. The zero-order valence-corrected chi connectivity index (χ0v) is 12.2. The summed E-state index contributed by atoms with van der Waals surface area (Å²) in [6, 6.07) is 7.05. The van der Waals surface area contributed by atoms with Gasteiger partial charge in [0.2, 0.25) is 11.8 Å². The molecule has 1 rings (SSSR count). The number of carbonyl (C=O) groups excluding carboxylic acids is 2. The molecular weight excluding hydrogens is 256 g/mol. The van der Waals surface area contributed by atoms with E-state index in [1.54, 1.807) is 24.3 Å². The van der Waals surface area contributed by atoms with Gasteiger partial charge in [-0.2, -0.15) is 0 Å². The SMILES string of the molecule is COCC(=O)Nc1cccc(NC(=O)CCC(C)C)c1. The lowest BCUT2D eigenvalue weighted by molar-refractivity contribution is -0.119. The van der Waals surface area contributed by atoms with Crippen LogP contribution in [0, 0.1) is 5.92 Å². The van der Waals surface area contributed by atoms with Crippen LogP contribution in [0.3, 0.4) is 0 Å². The molecule has 0 aromatic heterocycles. The van der Waals surface area contributed by atoms with E-state index in [1.807, 2.05) is 0 Å². The number of methoxy groups -OCH3 is 1. The summed E-state index contributed by atoms with van der Waals surface area (Å²) in [5.41, 5.74) is 1.31. The minimum atomic E-state index is -0.226. The van der Waals surface area contributed by atoms with Crippen LogP contribution in [-0.2, 0) is 14.3 Å². The van der Waals surface area contributed by atoms with Crippen molar-refractivity contribution in [3.63, 3.8) is 0 Å². The van der Waals surface area contributed by atoms with Crippen molar-refractivity contribution in [2.75, 3.05) is 24.4 Å². The van der Waals surface area contributed by atoms with Gasteiger partial charge in [-0.05, 0) is 30.5 Å². The summed E-state index contributed by atoms with van der Waals surface area (Å²) >= 11 is 0. The number of hydrogen-bond donors (Lipinski definition) is 2. The average molecular weight is 278 g/mol. The molecular formula is C15H22N2O3. The Morgan fingerprint density at radius 2 is 1.75 bits per heavy atom. The molecule has 0 unspecified atom stereocenters. The summed E-state index contributed by atoms with van der Waals surface area (Å²) in [6.45, 7) is 4.17. The molecule has 0 saturated heterocycles. The molecule has 0 spiro atoms. The lowest BCUT2D eigenvalue weighted by Crippen LogP contribution is -2.17. The van der Waals surface area contributed by atoms with Crippen LogP contribution in [0.25, 0.3) is 0 Å². The number of ether oxygens (including phenoxy) is 1. The first-order valence-electron chi connectivity index (χ1n) is 6.70. The predicted octanol–water partition coefficient (Wildman–Crippen LogP) is 2.65. The smallest absolute Gasteiger partial charge is 0.250 e. The van der Waals surface area contributed by atoms with Gasteiger partial charge in [0.25, 0.3) is 0 Å². The molecule has 0 atom stereocenters. The van der Waals surface area contributed by atoms with Crippen molar-refractivity contribution in [1.29, 1.82) is 0 Å². The second-order valence-electron chi connectivity index (χ2n) is 5.04. The van der Waals surface area contributed by atoms with Gasteiger partial charge in [-0.25, -0.2) is 0 Å². The van der Waals surface area contributed by atoms with E-state index in [-0.39, 0.29) is 18.4 Å². The molecule has 5 nitrogen and oxygen atoms in total. The van der Waals surface area contributed by atoms with Gasteiger partial charge < -0.3 is 15.4 Å². The Kier molecular flexibility index (Phi) is 6.73. The first kappa shape index (κ1) is 16.2. The third-order valence-corrected chi connectivity index (χ3v) is 2.65. The molecule has 0 aliphatic rings. The van der Waals surface area contributed by atoms with Crippen LogP contribution in [0.1, 0.15) is 26.7 Å². The Hall–Kier alpha value is -1.88. The first-order valence-corrected chi connectivity index (χ1v) is 6.70. The molecule has 0 radical (unpaired) electrons. The zero-order chi connectivity index (χ0) is 15.0. The van der Waals surface area contributed by atoms with Crippen molar-refractivity contribution in [2.24, 2.45) is 5.92 Å². The maximum absolute atomic E-state index is 11.7. The summed E-state index contributed by atoms with van der Waals surface area (Å²) in [4.78, 5) is 23.1. The highest BCUT2D eigenvalue weighted by Crippen LogP contribution is 2.16. The van der Waals surface area contributed by atoms with Crippen LogP contribution in [0.4, 0.5) is 11.4 Å². The molecule has 0 bridgehead atoms. The highest BCUT2D eigenvalue weighted by molar-refractivity contribution is 5.94. The molecule has 110 valence electrons. The Morgan fingerprint density at radius 3 is 2.30 bits per heavy atom. The normalized spacial score (nSPS) is 10.4. The third-order valence-electron chi connectivity index (χ3n) is 2.65. The Morgan fingerprint density at radius 1 is 1.15 bits per heavy atom. The number of benzene rings is 1. The minimum absolute atomic E-state index is 0.00494. The maximum atomic E-state index is 11.7. The van der Waals surface area contributed by atoms with Gasteiger partial charge in [0.15, 0.2) is 0 Å². The highest BCUT2D eigenvalue weighted by atomic mass is 16.5. The van der Waals surface area contributed by atoms with Crippen molar-refractivity contribution in [3.8, 4) is 0 Å². The summed E-state index contributed by atoms with van der Waals surface area (Å²) in [5.74, 6) is 0.260. The van der Waals surface area contributed by atoms with Gasteiger partial charge in [-0.3, -0.25) is 9.59 Å². The Balaban J connectivity index is 2.55. The quantitative estimate of drug-likeness (QED) is 0.805. The molecule has 1 aromatic rings. The van der Waals surface area contributed by atoms with E-state index in [0.29, 0.717) is 23.7 Å². The maximum Gasteiger partial charge on any atom is 0.250 e. The van der Waals surface area contributed by atoms with Crippen molar-refractivity contribution < 1.29 is 14.3 Å². The van der Waals surface area contributed by atoms with Crippen molar-refractivity contribution in [1.82, 2.24) is 0 Å². The van der Waals surface area contributed by atoms with Gasteiger partial charge in [0, 0.05) is 24.9 Å². The molecule has 1 aromatic carbocycles. The molecule has 0 heterocycles. The van der Waals surface area contributed by atoms with Crippen molar-refractivity contribution in [3.05, 3.63) is 24.3 Å². The molecule has 0 aliphatic carbocycles. The van der Waals surface area contributed by atoms with E-state index in [9.17, 15) is 9.59 Å². The number of anilines is 2. The minimum Gasteiger partial charge on any atom is -0.375 e. The number of carbonyl (C=O) groups is 2. The molecule has 0 saturated carbocycles. The summed E-state index contributed by atoms with van der Waals surface area (Å²) in [7, 11) is 1.46. The topological polar surface area (TPSA) is 67.4 Å². The first-order chi connectivity index (χ1) is 9.51. The lowest BCUT2D eigenvalue weighted by atomic mass is 10.1. The lowest BCUT2D eigenvalue weighted by Gasteiger charge is -2.09. The standard InChI is InChI=1S/C15H22N2O3/c1-11(2)7-8-14(18)16-12-5-4-6-13(9-12)17-15(19)10-20-3/h4-6,9,11H,7-8,10H2,1-3H3,(H,16,18)(H,17,19). The fraction of sp³-hybridized carbons (Fsp3) is 0.467.